The van der Waals surface area contributed by atoms with Gasteiger partial charge in [0.05, 0.1) is 6.20 Å². The Morgan fingerprint density at radius 1 is 1.56 bits per heavy atom. The van der Waals surface area contributed by atoms with Crippen LogP contribution in [0.1, 0.15) is 19.7 Å². The minimum Gasteiger partial charge on any atom is -0.332 e. The van der Waals surface area contributed by atoms with E-state index in [9.17, 15) is 8.42 Å². The highest BCUT2D eigenvalue weighted by Gasteiger charge is 2.22. The van der Waals surface area contributed by atoms with Crippen molar-refractivity contribution in [1.29, 1.82) is 0 Å². The summed E-state index contributed by atoms with van der Waals surface area (Å²) in [4.78, 5) is 6.53. The summed E-state index contributed by atoms with van der Waals surface area (Å²) in [6.07, 6.45) is 1.30. The third-order valence-corrected chi connectivity index (χ3v) is 3.57. The minimum atomic E-state index is -3.51. The van der Waals surface area contributed by atoms with E-state index in [4.69, 9.17) is 5.73 Å². The van der Waals surface area contributed by atoms with E-state index in [0.717, 1.165) is 0 Å². The van der Waals surface area contributed by atoms with Gasteiger partial charge in [0.2, 0.25) is 0 Å². The summed E-state index contributed by atoms with van der Waals surface area (Å²) in [6.45, 7) is 6.20. The summed E-state index contributed by atoms with van der Waals surface area (Å²) in [7, 11) is -3.51. The first-order valence-corrected chi connectivity index (χ1v) is 6.46. The Morgan fingerprint density at radius 3 is 2.62 bits per heavy atom. The van der Waals surface area contributed by atoms with Crippen LogP contribution >= 0.6 is 0 Å². The van der Waals surface area contributed by atoms with Gasteiger partial charge in [0.1, 0.15) is 5.82 Å². The third-order valence-electron chi connectivity index (χ3n) is 2.26. The summed E-state index contributed by atoms with van der Waals surface area (Å²) in [6, 6.07) is 0. The second-order valence-corrected chi connectivity index (χ2v) is 6.26. The average molecular weight is 246 g/mol. The van der Waals surface area contributed by atoms with Crippen LogP contribution < -0.4 is 10.5 Å². The maximum atomic E-state index is 11.8. The van der Waals surface area contributed by atoms with E-state index in [1.165, 1.54) is 6.20 Å². The standard InChI is InChI=1S/C9H18N4O2S/c1-7-11-4-8(13-7)16(14,15)12-6-9(2,3)5-10/h4,12H,5-6,10H2,1-3H3,(H,11,13). The maximum absolute atomic E-state index is 11.8. The molecule has 0 fully saturated rings. The van der Waals surface area contributed by atoms with Gasteiger partial charge in [-0.2, -0.15) is 0 Å². The SMILES string of the molecule is Cc1ncc(S(=O)(=O)NCC(C)(C)CN)[nH]1. The zero-order chi connectivity index (χ0) is 12.4. The fourth-order valence-electron chi connectivity index (χ4n) is 0.975. The van der Waals surface area contributed by atoms with Crippen molar-refractivity contribution in [3.63, 3.8) is 0 Å². The van der Waals surface area contributed by atoms with Crippen molar-refractivity contribution in [2.24, 2.45) is 11.1 Å². The van der Waals surface area contributed by atoms with Crippen LogP contribution in [0.5, 0.6) is 0 Å². The second-order valence-electron chi connectivity index (χ2n) is 4.53. The number of hydrogen-bond acceptors (Lipinski definition) is 4. The molecule has 1 aromatic rings. The van der Waals surface area contributed by atoms with E-state index in [2.05, 4.69) is 14.7 Å². The summed E-state index contributed by atoms with van der Waals surface area (Å²) in [5.41, 5.74) is 5.26. The first-order valence-electron chi connectivity index (χ1n) is 4.98. The lowest BCUT2D eigenvalue weighted by Gasteiger charge is -2.22. The van der Waals surface area contributed by atoms with E-state index in [0.29, 0.717) is 18.9 Å². The molecule has 4 N–H and O–H groups in total. The molecule has 1 aromatic heterocycles. The molecule has 0 radical (unpaired) electrons. The van der Waals surface area contributed by atoms with Gasteiger partial charge in [0, 0.05) is 6.54 Å². The summed E-state index contributed by atoms with van der Waals surface area (Å²) >= 11 is 0. The lowest BCUT2D eigenvalue weighted by atomic mass is 9.95. The number of H-pyrrole nitrogens is 1. The predicted octanol–water partition coefficient (Wildman–Crippen LogP) is -0.0187. The number of sulfonamides is 1. The number of rotatable bonds is 5. The molecule has 0 saturated heterocycles. The molecule has 0 aliphatic rings. The monoisotopic (exact) mass is 246 g/mol. The average Bonchev–Trinajstić information content (AvgIpc) is 2.63. The summed E-state index contributed by atoms with van der Waals surface area (Å²) < 4.78 is 26.1. The van der Waals surface area contributed by atoms with Crippen LogP contribution in [0.2, 0.25) is 0 Å². The van der Waals surface area contributed by atoms with Crippen molar-refractivity contribution in [3.05, 3.63) is 12.0 Å². The molecule has 0 aromatic carbocycles. The van der Waals surface area contributed by atoms with Crippen LogP contribution in [0.25, 0.3) is 0 Å². The smallest absolute Gasteiger partial charge is 0.257 e. The highest BCUT2D eigenvalue weighted by Crippen LogP contribution is 2.12. The largest absolute Gasteiger partial charge is 0.332 e. The van der Waals surface area contributed by atoms with Crippen LogP contribution in [0.4, 0.5) is 0 Å². The number of aromatic amines is 1. The van der Waals surface area contributed by atoms with Crippen molar-refractivity contribution >= 4 is 10.0 Å². The van der Waals surface area contributed by atoms with Gasteiger partial charge in [-0.15, -0.1) is 0 Å². The Bertz CT molecular complexity index is 450. The molecule has 0 amide bonds. The van der Waals surface area contributed by atoms with Crippen molar-refractivity contribution in [3.8, 4) is 0 Å². The number of aryl methyl sites for hydroxylation is 1. The van der Waals surface area contributed by atoms with Crippen molar-refractivity contribution < 1.29 is 8.42 Å². The van der Waals surface area contributed by atoms with Gasteiger partial charge in [0.25, 0.3) is 10.0 Å². The number of nitrogens with one attached hydrogen (secondary N) is 2. The van der Waals surface area contributed by atoms with Gasteiger partial charge < -0.3 is 10.7 Å². The molecule has 0 spiro atoms. The van der Waals surface area contributed by atoms with Crippen molar-refractivity contribution in [2.75, 3.05) is 13.1 Å². The Labute approximate surface area is 95.7 Å². The van der Waals surface area contributed by atoms with Gasteiger partial charge in [-0.25, -0.2) is 18.1 Å². The van der Waals surface area contributed by atoms with Crippen LogP contribution in [-0.2, 0) is 10.0 Å². The predicted molar refractivity (Wildman–Crippen MR) is 61.3 cm³/mol. The van der Waals surface area contributed by atoms with Crippen LogP contribution in [0.15, 0.2) is 11.2 Å². The molecule has 0 aliphatic heterocycles. The van der Waals surface area contributed by atoms with E-state index in [1.54, 1.807) is 6.92 Å². The van der Waals surface area contributed by atoms with Crippen LogP contribution in [0.3, 0.4) is 0 Å². The number of nitrogens with two attached hydrogens (primary N) is 1. The third kappa shape index (κ3) is 3.29. The van der Waals surface area contributed by atoms with Gasteiger partial charge in [0.15, 0.2) is 5.03 Å². The first-order chi connectivity index (χ1) is 7.27. The Kier molecular flexibility index (Phi) is 3.72. The molecule has 1 rings (SSSR count). The molecule has 0 bridgehead atoms. The zero-order valence-electron chi connectivity index (χ0n) is 9.74. The van der Waals surface area contributed by atoms with E-state index in [1.807, 2.05) is 13.8 Å². The second kappa shape index (κ2) is 4.52. The van der Waals surface area contributed by atoms with E-state index in [-0.39, 0.29) is 10.4 Å². The highest BCUT2D eigenvalue weighted by molar-refractivity contribution is 7.89. The minimum absolute atomic E-state index is 0.0813. The van der Waals surface area contributed by atoms with E-state index < -0.39 is 10.0 Å². The first kappa shape index (κ1) is 13.1. The number of aromatic nitrogens is 2. The lowest BCUT2D eigenvalue weighted by Crippen LogP contribution is -2.38. The normalized spacial score (nSPS) is 13.0. The molecular formula is C9H18N4O2S. The summed E-state index contributed by atoms with van der Waals surface area (Å²) in [5, 5.41) is 0.0813. The van der Waals surface area contributed by atoms with Gasteiger partial charge in [-0.3, -0.25) is 0 Å². The molecule has 16 heavy (non-hydrogen) atoms. The lowest BCUT2D eigenvalue weighted by molar-refractivity contribution is 0.376. The molecule has 0 unspecified atom stereocenters. The maximum Gasteiger partial charge on any atom is 0.257 e. The molecular weight excluding hydrogens is 228 g/mol. The molecule has 6 nitrogen and oxygen atoms in total. The molecule has 0 atom stereocenters. The fourth-order valence-corrected chi connectivity index (χ4v) is 2.18. The Morgan fingerprint density at radius 2 is 2.19 bits per heavy atom. The highest BCUT2D eigenvalue weighted by atomic mass is 32.2. The summed E-state index contributed by atoms with van der Waals surface area (Å²) in [5.74, 6) is 0.568. The number of imidazole rings is 1. The van der Waals surface area contributed by atoms with Crippen LogP contribution in [-0.4, -0.2) is 31.5 Å². The van der Waals surface area contributed by atoms with Gasteiger partial charge in [-0.1, -0.05) is 13.8 Å². The van der Waals surface area contributed by atoms with Crippen molar-refractivity contribution in [2.45, 2.75) is 25.8 Å². The Hall–Kier alpha value is -0.920. The van der Waals surface area contributed by atoms with E-state index >= 15 is 0 Å². The van der Waals surface area contributed by atoms with Crippen LogP contribution in [0, 0.1) is 12.3 Å². The quantitative estimate of drug-likeness (QED) is 0.679. The molecule has 7 heteroatoms. The molecule has 0 saturated carbocycles. The molecule has 0 aliphatic carbocycles. The number of nitrogens with zero attached hydrogens (tertiary/aromatic N) is 1. The molecule has 92 valence electrons. The van der Waals surface area contributed by atoms with Crippen molar-refractivity contribution in [1.82, 2.24) is 14.7 Å². The fraction of sp³-hybridized carbons (Fsp3) is 0.667. The number of hydrogen-bond donors (Lipinski definition) is 3. The van der Waals surface area contributed by atoms with Gasteiger partial charge in [-0.05, 0) is 18.9 Å². The molecule has 1 heterocycles. The zero-order valence-corrected chi connectivity index (χ0v) is 10.6. The Balaban J connectivity index is 2.74. The van der Waals surface area contributed by atoms with Gasteiger partial charge >= 0.3 is 0 Å². The topological polar surface area (TPSA) is 101 Å².